The zero-order valence-electron chi connectivity index (χ0n) is 13.6. The molecule has 1 unspecified atom stereocenters. The Bertz CT molecular complexity index is 963. The Balaban J connectivity index is 1.75. The standard InChI is InChI=1S/C19H20N4O/c1-13-5-4-8-23-18(24)10-16(21-19(13)23)12-22-11-15(20)9-14-6-2-3-7-17(14)22/h2-8,10,15H,9,11-12,20H2,1H3. The summed E-state index contributed by atoms with van der Waals surface area (Å²) in [6.45, 7) is 3.33. The van der Waals surface area contributed by atoms with E-state index in [1.54, 1.807) is 16.7 Å². The molecular formula is C19H20N4O. The van der Waals surface area contributed by atoms with E-state index in [4.69, 9.17) is 10.7 Å². The fourth-order valence-corrected chi connectivity index (χ4v) is 3.46. The number of aryl methyl sites for hydroxylation is 1. The van der Waals surface area contributed by atoms with Crippen LogP contribution in [-0.2, 0) is 13.0 Å². The molecular weight excluding hydrogens is 300 g/mol. The van der Waals surface area contributed by atoms with Gasteiger partial charge in [0.15, 0.2) is 0 Å². The average molecular weight is 320 g/mol. The third kappa shape index (κ3) is 2.57. The zero-order chi connectivity index (χ0) is 16.7. The molecule has 1 aliphatic rings. The Morgan fingerprint density at radius 1 is 1.25 bits per heavy atom. The van der Waals surface area contributed by atoms with Crippen LogP contribution in [0.5, 0.6) is 0 Å². The number of rotatable bonds is 2. The van der Waals surface area contributed by atoms with E-state index in [1.807, 2.05) is 31.2 Å². The maximum Gasteiger partial charge on any atom is 0.258 e. The normalized spacial score (nSPS) is 17.1. The Morgan fingerprint density at radius 3 is 2.96 bits per heavy atom. The first-order valence-electron chi connectivity index (χ1n) is 8.18. The number of pyridine rings is 1. The van der Waals surface area contributed by atoms with Crippen LogP contribution in [0.2, 0.25) is 0 Å². The number of para-hydroxylation sites is 1. The summed E-state index contributed by atoms with van der Waals surface area (Å²) in [4.78, 5) is 19.3. The summed E-state index contributed by atoms with van der Waals surface area (Å²) in [6, 6.07) is 13.9. The Labute approximate surface area is 140 Å². The zero-order valence-corrected chi connectivity index (χ0v) is 13.6. The van der Waals surface area contributed by atoms with Gasteiger partial charge in [0.1, 0.15) is 5.65 Å². The molecule has 0 fully saturated rings. The topological polar surface area (TPSA) is 63.6 Å². The summed E-state index contributed by atoms with van der Waals surface area (Å²) in [5.41, 5.74) is 11.1. The summed E-state index contributed by atoms with van der Waals surface area (Å²) in [7, 11) is 0. The third-order valence-corrected chi connectivity index (χ3v) is 4.56. The first-order chi connectivity index (χ1) is 11.6. The molecule has 0 aliphatic carbocycles. The molecule has 5 nitrogen and oxygen atoms in total. The predicted molar refractivity (Wildman–Crippen MR) is 95.4 cm³/mol. The smallest absolute Gasteiger partial charge is 0.258 e. The number of hydrogen-bond acceptors (Lipinski definition) is 4. The maximum absolute atomic E-state index is 12.4. The molecule has 0 amide bonds. The van der Waals surface area contributed by atoms with Crippen molar-refractivity contribution in [1.29, 1.82) is 0 Å². The lowest BCUT2D eigenvalue weighted by atomic mass is 9.98. The molecule has 122 valence electrons. The van der Waals surface area contributed by atoms with Crippen LogP contribution >= 0.6 is 0 Å². The van der Waals surface area contributed by atoms with Gasteiger partial charge in [0, 0.05) is 30.5 Å². The van der Waals surface area contributed by atoms with Crippen LogP contribution in [0, 0.1) is 6.92 Å². The average Bonchev–Trinajstić information content (AvgIpc) is 2.56. The van der Waals surface area contributed by atoms with Crippen molar-refractivity contribution in [3.63, 3.8) is 0 Å². The van der Waals surface area contributed by atoms with Crippen molar-refractivity contribution in [3.8, 4) is 0 Å². The van der Waals surface area contributed by atoms with Crippen molar-refractivity contribution in [1.82, 2.24) is 9.38 Å². The highest BCUT2D eigenvalue weighted by Crippen LogP contribution is 2.27. The number of anilines is 1. The van der Waals surface area contributed by atoms with Crippen LogP contribution in [0.25, 0.3) is 5.65 Å². The maximum atomic E-state index is 12.4. The Morgan fingerprint density at radius 2 is 2.08 bits per heavy atom. The quantitative estimate of drug-likeness (QED) is 0.783. The molecule has 3 heterocycles. The van der Waals surface area contributed by atoms with E-state index in [-0.39, 0.29) is 11.6 Å². The van der Waals surface area contributed by atoms with Gasteiger partial charge in [0.25, 0.3) is 5.56 Å². The van der Waals surface area contributed by atoms with E-state index in [9.17, 15) is 4.79 Å². The van der Waals surface area contributed by atoms with Gasteiger partial charge in [-0.1, -0.05) is 24.3 Å². The van der Waals surface area contributed by atoms with Crippen LogP contribution in [0.15, 0.2) is 53.5 Å². The van der Waals surface area contributed by atoms with Gasteiger partial charge in [-0.3, -0.25) is 9.20 Å². The van der Waals surface area contributed by atoms with Crippen LogP contribution < -0.4 is 16.2 Å². The number of nitrogens with zero attached hydrogens (tertiary/aromatic N) is 3. The summed E-state index contributed by atoms with van der Waals surface area (Å²) >= 11 is 0. The summed E-state index contributed by atoms with van der Waals surface area (Å²) in [6.07, 6.45) is 2.65. The summed E-state index contributed by atoms with van der Waals surface area (Å²) in [5.74, 6) is 0. The van der Waals surface area contributed by atoms with Gasteiger partial charge >= 0.3 is 0 Å². The number of hydrogen-bond donors (Lipinski definition) is 1. The number of fused-ring (bicyclic) bond motifs is 2. The van der Waals surface area contributed by atoms with Crippen molar-refractivity contribution in [2.75, 3.05) is 11.4 Å². The molecule has 1 aliphatic heterocycles. The van der Waals surface area contributed by atoms with Crippen LogP contribution in [-0.4, -0.2) is 22.0 Å². The number of aromatic nitrogens is 2. The molecule has 0 bridgehead atoms. The fraction of sp³-hybridized carbons (Fsp3) is 0.263. The van der Waals surface area contributed by atoms with Gasteiger partial charge < -0.3 is 10.6 Å². The first kappa shape index (κ1) is 14.9. The van der Waals surface area contributed by atoms with Crippen molar-refractivity contribution in [2.45, 2.75) is 25.9 Å². The van der Waals surface area contributed by atoms with Gasteiger partial charge in [0.05, 0.1) is 12.2 Å². The lowest BCUT2D eigenvalue weighted by Crippen LogP contribution is -2.43. The highest BCUT2D eigenvalue weighted by Gasteiger charge is 2.22. The summed E-state index contributed by atoms with van der Waals surface area (Å²) < 4.78 is 1.59. The molecule has 1 atom stereocenters. The molecule has 24 heavy (non-hydrogen) atoms. The van der Waals surface area contributed by atoms with Gasteiger partial charge in [-0.15, -0.1) is 0 Å². The lowest BCUT2D eigenvalue weighted by Gasteiger charge is -2.34. The second-order valence-electron chi connectivity index (χ2n) is 6.44. The fourth-order valence-electron chi connectivity index (χ4n) is 3.46. The molecule has 0 radical (unpaired) electrons. The van der Waals surface area contributed by atoms with Gasteiger partial charge in [-0.05, 0) is 36.6 Å². The van der Waals surface area contributed by atoms with E-state index >= 15 is 0 Å². The van der Waals surface area contributed by atoms with Gasteiger partial charge in [0.2, 0.25) is 0 Å². The van der Waals surface area contributed by atoms with E-state index < -0.39 is 0 Å². The lowest BCUT2D eigenvalue weighted by molar-refractivity contribution is 0.595. The van der Waals surface area contributed by atoms with Crippen LogP contribution in [0.3, 0.4) is 0 Å². The molecule has 4 rings (SSSR count). The predicted octanol–water partition coefficient (Wildman–Crippen LogP) is 1.89. The van der Waals surface area contributed by atoms with Crippen molar-refractivity contribution in [2.24, 2.45) is 5.73 Å². The van der Waals surface area contributed by atoms with E-state index in [0.717, 1.165) is 29.9 Å². The SMILES string of the molecule is Cc1cccn2c(=O)cc(CN3CC(N)Cc4ccccc43)nc12. The van der Waals surface area contributed by atoms with Gasteiger partial charge in [-0.25, -0.2) is 4.98 Å². The second kappa shape index (κ2) is 5.76. The largest absolute Gasteiger partial charge is 0.364 e. The van der Waals surface area contributed by atoms with E-state index in [0.29, 0.717) is 6.54 Å². The van der Waals surface area contributed by atoms with Crippen molar-refractivity contribution >= 4 is 11.3 Å². The third-order valence-electron chi connectivity index (χ3n) is 4.56. The molecule has 3 aromatic rings. The summed E-state index contributed by atoms with van der Waals surface area (Å²) in [5, 5.41) is 0. The van der Waals surface area contributed by atoms with Crippen molar-refractivity contribution in [3.05, 3.63) is 75.8 Å². The molecule has 0 spiro atoms. The Hall–Kier alpha value is -2.66. The van der Waals surface area contributed by atoms with E-state index in [2.05, 4.69) is 17.0 Å². The Kier molecular flexibility index (Phi) is 3.58. The van der Waals surface area contributed by atoms with Crippen LogP contribution in [0.4, 0.5) is 5.69 Å². The molecule has 2 aromatic heterocycles. The monoisotopic (exact) mass is 320 g/mol. The molecule has 2 N–H and O–H groups in total. The second-order valence-corrected chi connectivity index (χ2v) is 6.44. The number of benzene rings is 1. The molecule has 1 aromatic carbocycles. The minimum atomic E-state index is -0.0479. The molecule has 5 heteroatoms. The minimum Gasteiger partial charge on any atom is -0.364 e. The highest BCUT2D eigenvalue weighted by molar-refractivity contribution is 5.56. The minimum absolute atomic E-state index is 0.0479. The van der Waals surface area contributed by atoms with Crippen LogP contribution in [0.1, 0.15) is 16.8 Å². The highest BCUT2D eigenvalue weighted by atomic mass is 16.1. The molecule has 0 saturated carbocycles. The van der Waals surface area contributed by atoms with E-state index in [1.165, 1.54) is 11.3 Å². The van der Waals surface area contributed by atoms with Gasteiger partial charge in [-0.2, -0.15) is 0 Å². The van der Waals surface area contributed by atoms with Crippen molar-refractivity contribution < 1.29 is 0 Å². The number of nitrogens with two attached hydrogens (primary N) is 1. The molecule has 0 saturated heterocycles. The first-order valence-corrected chi connectivity index (χ1v) is 8.18.